The predicted octanol–water partition coefficient (Wildman–Crippen LogP) is 6.26. The molecule has 0 fully saturated rings. The summed E-state index contributed by atoms with van der Waals surface area (Å²) < 4.78 is 5.30. The molecule has 0 radical (unpaired) electrons. The Kier molecular flexibility index (Phi) is 5.48. The van der Waals surface area contributed by atoms with Gasteiger partial charge in [-0.15, -0.1) is 0 Å². The normalized spacial score (nSPS) is 10.5. The van der Waals surface area contributed by atoms with Crippen LogP contribution in [-0.2, 0) is 4.74 Å². The van der Waals surface area contributed by atoms with Crippen LogP contribution in [0.3, 0.4) is 0 Å². The fourth-order valence-corrected chi connectivity index (χ4v) is 3.45. The van der Waals surface area contributed by atoms with Crippen molar-refractivity contribution in [1.82, 2.24) is 4.98 Å². The minimum Gasteiger partial charge on any atom is -0.462 e. The second-order valence-corrected chi connectivity index (χ2v) is 6.61. The number of hydrogen-bond acceptors (Lipinski definition) is 3. The van der Waals surface area contributed by atoms with Gasteiger partial charge in [0, 0.05) is 11.8 Å². The van der Waals surface area contributed by atoms with E-state index in [-0.39, 0.29) is 5.97 Å². The van der Waals surface area contributed by atoms with Gasteiger partial charge in [0.2, 0.25) is 0 Å². The van der Waals surface area contributed by atoms with Gasteiger partial charge < -0.3 is 4.74 Å². The second-order valence-electron chi connectivity index (χ2n) is 6.61. The van der Waals surface area contributed by atoms with Crippen molar-refractivity contribution < 1.29 is 9.53 Å². The van der Waals surface area contributed by atoms with Crippen LogP contribution in [0.25, 0.3) is 33.5 Å². The Labute approximate surface area is 170 Å². The maximum absolute atomic E-state index is 12.6. The zero-order valence-electron chi connectivity index (χ0n) is 16.2. The average Bonchev–Trinajstić information content (AvgIpc) is 2.80. The predicted molar refractivity (Wildman–Crippen MR) is 117 cm³/mol. The number of carbonyl (C=O) groups is 1. The molecule has 0 aliphatic carbocycles. The van der Waals surface area contributed by atoms with Crippen molar-refractivity contribution in [1.29, 1.82) is 0 Å². The minimum absolute atomic E-state index is 0.325. The standard InChI is InChI=1S/C26H21NO2/c1-2-29-26(28)21-17-22(19-11-5-3-6-12-19)25(24-15-9-10-16-27-24)23(18-21)20-13-7-4-8-14-20/h3-18H,2H2,1H3. The van der Waals surface area contributed by atoms with Gasteiger partial charge in [0.1, 0.15) is 0 Å². The minimum atomic E-state index is -0.325. The highest BCUT2D eigenvalue weighted by Crippen LogP contribution is 2.40. The quantitative estimate of drug-likeness (QED) is 0.384. The number of nitrogens with zero attached hydrogens (tertiary/aromatic N) is 1. The summed E-state index contributed by atoms with van der Waals surface area (Å²) in [7, 11) is 0. The molecule has 1 aromatic heterocycles. The van der Waals surface area contributed by atoms with Crippen LogP contribution in [0.4, 0.5) is 0 Å². The Balaban J connectivity index is 2.06. The second kappa shape index (κ2) is 8.53. The molecule has 0 bridgehead atoms. The Hall–Kier alpha value is -3.72. The van der Waals surface area contributed by atoms with Crippen molar-refractivity contribution in [2.24, 2.45) is 0 Å². The summed E-state index contributed by atoms with van der Waals surface area (Å²) in [5.41, 5.74) is 6.34. The van der Waals surface area contributed by atoms with Crippen molar-refractivity contribution in [3.05, 3.63) is 103 Å². The van der Waals surface area contributed by atoms with Crippen molar-refractivity contribution in [2.75, 3.05) is 6.61 Å². The number of hydrogen-bond donors (Lipinski definition) is 0. The number of carbonyl (C=O) groups excluding carboxylic acids is 1. The molecule has 0 amide bonds. The van der Waals surface area contributed by atoms with Gasteiger partial charge in [-0.3, -0.25) is 4.98 Å². The van der Waals surface area contributed by atoms with Crippen molar-refractivity contribution in [3.8, 4) is 33.5 Å². The Morgan fingerprint density at radius 2 is 1.34 bits per heavy atom. The Morgan fingerprint density at radius 1 is 0.793 bits per heavy atom. The molecular formula is C26H21NO2. The smallest absolute Gasteiger partial charge is 0.338 e. The summed E-state index contributed by atoms with van der Waals surface area (Å²) in [6, 6.07) is 29.8. The van der Waals surface area contributed by atoms with E-state index in [1.807, 2.05) is 97.9 Å². The van der Waals surface area contributed by atoms with Crippen LogP contribution in [0.2, 0.25) is 0 Å². The van der Waals surface area contributed by atoms with Crippen LogP contribution < -0.4 is 0 Å². The van der Waals surface area contributed by atoms with Crippen LogP contribution >= 0.6 is 0 Å². The van der Waals surface area contributed by atoms with E-state index in [1.165, 1.54) is 0 Å². The number of rotatable bonds is 5. The summed E-state index contributed by atoms with van der Waals surface area (Å²) in [4.78, 5) is 17.2. The lowest BCUT2D eigenvalue weighted by Gasteiger charge is -2.17. The molecule has 1 heterocycles. The van der Waals surface area contributed by atoms with Crippen molar-refractivity contribution in [2.45, 2.75) is 6.92 Å². The molecule has 3 aromatic carbocycles. The summed E-state index contributed by atoms with van der Waals surface area (Å²) in [6.07, 6.45) is 1.79. The van der Waals surface area contributed by atoms with Crippen molar-refractivity contribution >= 4 is 5.97 Å². The van der Waals surface area contributed by atoms with E-state index >= 15 is 0 Å². The Bertz CT molecular complexity index is 1050. The van der Waals surface area contributed by atoms with E-state index in [9.17, 15) is 4.79 Å². The largest absolute Gasteiger partial charge is 0.462 e. The maximum Gasteiger partial charge on any atom is 0.338 e. The number of pyridine rings is 1. The molecule has 4 aromatic rings. The molecule has 0 N–H and O–H groups in total. The topological polar surface area (TPSA) is 39.2 Å². The zero-order chi connectivity index (χ0) is 20.1. The molecule has 3 nitrogen and oxygen atoms in total. The summed E-state index contributed by atoms with van der Waals surface area (Å²) in [5.74, 6) is -0.325. The van der Waals surface area contributed by atoms with E-state index in [2.05, 4.69) is 4.98 Å². The van der Waals surface area contributed by atoms with E-state index in [4.69, 9.17) is 4.74 Å². The molecule has 0 saturated carbocycles. The molecule has 4 rings (SSSR count). The van der Waals surface area contributed by atoms with Crippen molar-refractivity contribution in [3.63, 3.8) is 0 Å². The van der Waals surface area contributed by atoms with Gasteiger partial charge in [0.25, 0.3) is 0 Å². The highest BCUT2D eigenvalue weighted by Gasteiger charge is 2.19. The van der Waals surface area contributed by atoms with Gasteiger partial charge in [-0.2, -0.15) is 0 Å². The summed E-state index contributed by atoms with van der Waals surface area (Å²) in [6.45, 7) is 2.15. The third-order valence-corrected chi connectivity index (χ3v) is 4.74. The lowest BCUT2D eigenvalue weighted by molar-refractivity contribution is 0.0526. The number of ether oxygens (including phenoxy) is 1. The van der Waals surface area contributed by atoms with E-state index in [0.717, 1.165) is 33.5 Å². The molecule has 0 atom stereocenters. The van der Waals surface area contributed by atoms with E-state index in [0.29, 0.717) is 12.2 Å². The van der Waals surface area contributed by atoms with Crippen LogP contribution in [0.15, 0.2) is 97.2 Å². The van der Waals surface area contributed by atoms with Crippen LogP contribution in [0, 0.1) is 0 Å². The average molecular weight is 379 g/mol. The fraction of sp³-hybridized carbons (Fsp3) is 0.0769. The first-order valence-electron chi connectivity index (χ1n) is 9.65. The first kappa shape index (κ1) is 18.6. The molecular weight excluding hydrogens is 358 g/mol. The monoisotopic (exact) mass is 379 g/mol. The number of benzene rings is 3. The van der Waals surface area contributed by atoms with Gasteiger partial charge in [0.05, 0.1) is 17.9 Å². The van der Waals surface area contributed by atoms with Gasteiger partial charge in [-0.1, -0.05) is 66.7 Å². The molecule has 0 saturated heterocycles. The molecule has 3 heteroatoms. The molecule has 142 valence electrons. The third kappa shape index (κ3) is 3.94. The first-order chi connectivity index (χ1) is 14.3. The third-order valence-electron chi connectivity index (χ3n) is 4.74. The van der Waals surface area contributed by atoms with E-state index in [1.54, 1.807) is 6.20 Å². The zero-order valence-corrected chi connectivity index (χ0v) is 16.2. The van der Waals surface area contributed by atoms with Gasteiger partial charge in [0.15, 0.2) is 0 Å². The molecule has 0 aliphatic rings. The van der Waals surface area contributed by atoms with Gasteiger partial charge in [-0.25, -0.2) is 4.79 Å². The maximum atomic E-state index is 12.6. The lowest BCUT2D eigenvalue weighted by Crippen LogP contribution is -2.06. The molecule has 0 aliphatic heterocycles. The summed E-state index contributed by atoms with van der Waals surface area (Å²) in [5, 5.41) is 0. The number of esters is 1. The molecule has 0 spiro atoms. The van der Waals surface area contributed by atoms with Crippen LogP contribution in [-0.4, -0.2) is 17.6 Å². The highest BCUT2D eigenvalue weighted by atomic mass is 16.5. The summed E-state index contributed by atoms with van der Waals surface area (Å²) >= 11 is 0. The van der Waals surface area contributed by atoms with E-state index < -0.39 is 0 Å². The van der Waals surface area contributed by atoms with Crippen LogP contribution in [0.1, 0.15) is 17.3 Å². The first-order valence-corrected chi connectivity index (χ1v) is 9.65. The Morgan fingerprint density at radius 3 is 1.83 bits per heavy atom. The fourth-order valence-electron chi connectivity index (χ4n) is 3.45. The molecule has 29 heavy (non-hydrogen) atoms. The van der Waals surface area contributed by atoms with Crippen LogP contribution in [0.5, 0.6) is 0 Å². The lowest BCUT2D eigenvalue weighted by atomic mass is 9.87. The van der Waals surface area contributed by atoms with Gasteiger partial charge in [-0.05, 0) is 53.4 Å². The highest BCUT2D eigenvalue weighted by molar-refractivity contribution is 6.00. The molecule has 0 unspecified atom stereocenters. The van der Waals surface area contributed by atoms with Gasteiger partial charge >= 0.3 is 5.97 Å². The SMILES string of the molecule is CCOC(=O)c1cc(-c2ccccc2)c(-c2ccccn2)c(-c2ccccc2)c1. The number of aromatic nitrogens is 1.